The molecule has 5 heteroatoms. The lowest BCUT2D eigenvalue weighted by molar-refractivity contribution is 0.0954. The van der Waals surface area contributed by atoms with E-state index in [4.69, 9.17) is 11.0 Å². The van der Waals surface area contributed by atoms with Crippen molar-refractivity contribution in [2.45, 2.75) is 13.5 Å². The van der Waals surface area contributed by atoms with Crippen LogP contribution in [0.25, 0.3) is 0 Å². The molecule has 1 amide bonds. The predicted molar refractivity (Wildman–Crippen MR) is 75.8 cm³/mol. The van der Waals surface area contributed by atoms with Gasteiger partial charge in [-0.2, -0.15) is 5.26 Å². The molecule has 96 valence electrons. The van der Waals surface area contributed by atoms with E-state index in [9.17, 15) is 4.79 Å². The minimum atomic E-state index is -0.195. The van der Waals surface area contributed by atoms with Crippen molar-refractivity contribution in [1.82, 2.24) is 5.32 Å². The van der Waals surface area contributed by atoms with Gasteiger partial charge in [0.1, 0.15) is 11.1 Å². The largest absolute Gasteiger partial charge is 0.389 e. The van der Waals surface area contributed by atoms with Gasteiger partial charge in [-0.25, -0.2) is 0 Å². The van der Waals surface area contributed by atoms with Gasteiger partial charge < -0.3 is 11.1 Å². The highest BCUT2D eigenvalue weighted by Gasteiger charge is 2.18. The van der Waals surface area contributed by atoms with Crippen LogP contribution >= 0.6 is 11.3 Å². The number of nitrogen functional groups attached to an aromatic ring is 1. The van der Waals surface area contributed by atoms with Gasteiger partial charge in [0.05, 0.1) is 10.4 Å². The summed E-state index contributed by atoms with van der Waals surface area (Å²) < 4.78 is 0. The van der Waals surface area contributed by atoms with E-state index in [1.54, 1.807) is 6.92 Å². The topological polar surface area (TPSA) is 78.9 Å². The van der Waals surface area contributed by atoms with Crippen LogP contribution in [0.1, 0.15) is 26.4 Å². The highest BCUT2D eigenvalue weighted by molar-refractivity contribution is 7.18. The molecular weight excluding hydrogens is 258 g/mol. The summed E-state index contributed by atoms with van der Waals surface area (Å²) in [5, 5.41) is 12.2. The minimum Gasteiger partial charge on any atom is -0.389 e. The number of rotatable bonds is 3. The van der Waals surface area contributed by atoms with Crippen LogP contribution < -0.4 is 11.1 Å². The Morgan fingerprint density at radius 2 is 2.11 bits per heavy atom. The van der Waals surface area contributed by atoms with Crippen molar-refractivity contribution in [3.8, 4) is 6.07 Å². The Kier molecular flexibility index (Phi) is 3.83. The molecule has 1 aromatic carbocycles. The second-order valence-corrected chi connectivity index (χ2v) is 5.13. The van der Waals surface area contributed by atoms with Gasteiger partial charge in [-0.3, -0.25) is 4.79 Å². The van der Waals surface area contributed by atoms with Crippen LogP contribution in [0.2, 0.25) is 0 Å². The fraction of sp³-hybridized carbons (Fsp3) is 0.143. The minimum absolute atomic E-state index is 0.195. The molecule has 2 aromatic rings. The SMILES string of the molecule is Cc1c(C(=O)NCc2ccccc2)sc(N)c1C#N. The summed E-state index contributed by atoms with van der Waals surface area (Å²) in [6, 6.07) is 11.7. The van der Waals surface area contributed by atoms with Crippen LogP contribution in [-0.2, 0) is 6.54 Å². The summed E-state index contributed by atoms with van der Waals surface area (Å²) in [4.78, 5) is 12.6. The number of hydrogen-bond donors (Lipinski definition) is 2. The normalized spacial score (nSPS) is 9.89. The van der Waals surface area contributed by atoms with E-state index >= 15 is 0 Å². The van der Waals surface area contributed by atoms with E-state index in [1.165, 1.54) is 0 Å². The lowest BCUT2D eigenvalue weighted by Crippen LogP contribution is -2.22. The maximum atomic E-state index is 12.1. The summed E-state index contributed by atoms with van der Waals surface area (Å²) in [5.74, 6) is -0.195. The maximum Gasteiger partial charge on any atom is 0.262 e. The molecule has 1 aromatic heterocycles. The smallest absolute Gasteiger partial charge is 0.262 e. The van der Waals surface area contributed by atoms with E-state index in [0.29, 0.717) is 27.5 Å². The lowest BCUT2D eigenvalue weighted by Gasteiger charge is -2.04. The molecule has 2 rings (SSSR count). The fourth-order valence-electron chi connectivity index (χ4n) is 1.75. The van der Waals surface area contributed by atoms with Gasteiger partial charge in [0.15, 0.2) is 0 Å². The van der Waals surface area contributed by atoms with Gasteiger partial charge in [-0.1, -0.05) is 30.3 Å². The molecular formula is C14H13N3OS. The first-order valence-corrected chi connectivity index (χ1v) is 6.56. The van der Waals surface area contributed by atoms with E-state index in [2.05, 4.69) is 5.32 Å². The summed E-state index contributed by atoms with van der Waals surface area (Å²) >= 11 is 1.15. The molecule has 3 N–H and O–H groups in total. The summed E-state index contributed by atoms with van der Waals surface area (Å²) in [6.07, 6.45) is 0. The Hall–Kier alpha value is -2.32. The number of nitriles is 1. The molecule has 0 bridgehead atoms. The van der Waals surface area contributed by atoms with E-state index in [1.807, 2.05) is 36.4 Å². The number of carbonyl (C=O) groups is 1. The molecule has 0 spiro atoms. The van der Waals surface area contributed by atoms with Crippen LogP contribution in [-0.4, -0.2) is 5.91 Å². The molecule has 1 heterocycles. The van der Waals surface area contributed by atoms with Crippen molar-refractivity contribution < 1.29 is 4.79 Å². The van der Waals surface area contributed by atoms with Crippen molar-refractivity contribution in [1.29, 1.82) is 5.26 Å². The fourth-order valence-corrected chi connectivity index (χ4v) is 2.69. The molecule has 0 aliphatic rings. The van der Waals surface area contributed by atoms with Gasteiger partial charge in [0.2, 0.25) is 0 Å². The van der Waals surface area contributed by atoms with Crippen molar-refractivity contribution in [2.24, 2.45) is 0 Å². The van der Waals surface area contributed by atoms with E-state index < -0.39 is 0 Å². The third-order valence-corrected chi connectivity index (χ3v) is 3.91. The molecule has 0 unspecified atom stereocenters. The van der Waals surface area contributed by atoms with Crippen LogP contribution in [0.5, 0.6) is 0 Å². The second-order valence-electron chi connectivity index (χ2n) is 4.08. The van der Waals surface area contributed by atoms with Crippen LogP contribution in [0, 0.1) is 18.3 Å². The number of carbonyl (C=O) groups excluding carboxylic acids is 1. The highest BCUT2D eigenvalue weighted by Crippen LogP contribution is 2.29. The highest BCUT2D eigenvalue weighted by atomic mass is 32.1. The quantitative estimate of drug-likeness (QED) is 0.900. The molecule has 0 saturated carbocycles. The average molecular weight is 271 g/mol. The maximum absolute atomic E-state index is 12.1. The summed E-state index contributed by atoms with van der Waals surface area (Å²) in [5.41, 5.74) is 7.79. The van der Waals surface area contributed by atoms with Crippen LogP contribution in [0.3, 0.4) is 0 Å². The van der Waals surface area contributed by atoms with Crippen molar-refractivity contribution in [3.63, 3.8) is 0 Å². The molecule has 4 nitrogen and oxygen atoms in total. The molecule has 0 aliphatic heterocycles. The first kappa shape index (κ1) is 13.1. The summed E-state index contributed by atoms with van der Waals surface area (Å²) in [7, 11) is 0. The van der Waals surface area contributed by atoms with Crippen molar-refractivity contribution in [3.05, 3.63) is 51.9 Å². The van der Waals surface area contributed by atoms with Gasteiger partial charge >= 0.3 is 0 Å². The van der Waals surface area contributed by atoms with E-state index in [0.717, 1.165) is 16.9 Å². The predicted octanol–water partition coefficient (Wildman–Crippen LogP) is 2.44. The first-order valence-electron chi connectivity index (χ1n) is 5.74. The van der Waals surface area contributed by atoms with Crippen molar-refractivity contribution >= 4 is 22.2 Å². The van der Waals surface area contributed by atoms with Crippen molar-refractivity contribution in [2.75, 3.05) is 5.73 Å². The standard InChI is InChI=1S/C14H13N3OS/c1-9-11(7-15)13(16)19-12(9)14(18)17-8-10-5-3-2-4-6-10/h2-6H,8,16H2,1H3,(H,17,18). The first-order chi connectivity index (χ1) is 9.13. The van der Waals surface area contributed by atoms with Gasteiger partial charge in [0, 0.05) is 6.54 Å². The van der Waals surface area contributed by atoms with Crippen LogP contribution in [0.4, 0.5) is 5.00 Å². The average Bonchev–Trinajstić information content (AvgIpc) is 2.72. The Morgan fingerprint density at radius 1 is 1.42 bits per heavy atom. The number of nitrogens with zero attached hydrogens (tertiary/aromatic N) is 1. The summed E-state index contributed by atoms with van der Waals surface area (Å²) in [6.45, 7) is 2.20. The van der Waals surface area contributed by atoms with E-state index in [-0.39, 0.29) is 5.91 Å². The zero-order valence-corrected chi connectivity index (χ0v) is 11.3. The Bertz CT molecular complexity index is 641. The molecule has 0 aliphatic carbocycles. The number of nitrogens with one attached hydrogen (secondary N) is 1. The third kappa shape index (κ3) is 2.75. The Morgan fingerprint density at radius 3 is 2.68 bits per heavy atom. The third-order valence-electron chi connectivity index (χ3n) is 2.79. The van der Waals surface area contributed by atoms with Gasteiger partial charge in [0.25, 0.3) is 5.91 Å². The zero-order valence-electron chi connectivity index (χ0n) is 10.4. The second kappa shape index (κ2) is 5.55. The molecule has 0 radical (unpaired) electrons. The molecule has 0 fully saturated rings. The number of thiophene rings is 1. The lowest BCUT2D eigenvalue weighted by atomic mass is 10.1. The number of nitrogens with two attached hydrogens (primary N) is 1. The number of benzene rings is 1. The monoisotopic (exact) mass is 271 g/mol. The van der Waals surface area contributed by atoms with Gasteiger partial charge in [-0.05, 0) is 18.1 Å². The number of anilines is 1. The zero-order chi connectivity index (χ0) is 13.8. The molecule has 0 saturated heterocycles. The molecule has 0 atom stereocenters. The Balaban J connectivity index is 2.11. The molecule has 19 heavy (non-hydrogen) atoms. The van der Waals surface area contributed by atoms with Crippen LogP contribution in [0.15, 0.2) is 30.3 Å². The Labute approximate surface area is 115 Å². The number of hydrogen-bond acceptors (Lipinski definition) is 4. The van der Waals surface area contributed by atoms with Gasteiger partial charge in [-0.15, -0.1) is 11.3 Å². The number of amides is 1.